The lowest BCUT2D eigenvalue weighted by atomic mass is 9.76. The Morgan fingerprint density at radius 1 is 1.15 bits per heavy atom. The Morgan fingerprint density at radius 3 is 2.45 bits per heavy atom. The van der Waals surface area contributed by atoms with E-state index < -0.39 is 18.0 Å². The van der Waals surface area contributed by atoms with Gasteiger partial charge in [-0.05, 0) is 25.7 Å². The minimum Gasteiger partial charge on any atom is -0.391 e. The average Bonchev–Trinajstić information content (AvgIpc) is 3.17. The Morgan fingerprint density at radius 2 is 1.85 bits per heavy atom. The summed E-state index contributed by atoms with van der Waals surface area (Å²) < 4.78 is 44.8. The van der Waals surface area contributed by atoms with Crippen molar-refractivity contribution < 1.29 is 22.8 Å². The molecule has 20 heavy (non-hydrogen) atoms. The molecule has 1 N–H and O–H groups in total. The van der Waals surface area contributed by atoms with E-state index in [0.717, 1.165) is 19.3 Å². The maximum absolute atomic E-state index is 13.2. The van der Waals surface area contributed by atoms with Crippen LogP contribution in [0.2, 0.25) is 0 Å². The highest BCUT2D eigenvalue weighted by molar-refractivity contribution is 5.31. The molecular weight excluding hydrogens is 271 g/mol. The highest BCUT2D eigenvalue weighted by Crippen LogP contribution is 2.49. The first-order valence-corrected chi connectivity index (χ1v) is 7.18. The van der Waals surface area contributed by atoms with E-state index in [1.165, 1.54) is 0 Å². The van der Waals surface area contributed by atoms with Crippen LogP contribution in [0.4, 0.5) is 13.2 Å². The Hall–Kier alpha value is -1.04. The summed E-state index contributed by atoms with van der Waals surface area (Å²) in [5, 5.41) is 13.4. The molecule has 0 bridgehead atoms. The van der Waals surface area contributed by atoms with Crippen molar-refractivity contribution in [2.75, 3.05) is 0 Å². The molecule has 2 atom stereocenters. The molecule has 1 aromatic heterocycles. The van der Waals surface area contributed by atoms with Gasteiger partial charge in [-0.3, -0.25) is 0 Å². The van der Waals surface area contributed by atoms with E-state index in [0.29, 0.717) is 29.9 Å². The van der Waals surface area contributed by atoms with Gasteiger partial charge in [0.05, 0.1) is 18.2 Å². The van der Waals surface area contributed by atoms with E-state index in [2.05, 4.69) is 5.16 Å². The molecule has 6 heteroatoms. The van der Waals surface area contributed by atoms with Crippen LogP contribution in [0.5, 0.6) is 0 Å². The number of hydrogen-bond acceptors (Lipinski definition) is 3. The second-order valence-electron chi connectivity index (χ2n) is 5.88. The lowest BCUT2D eigenvalue weighted by molar-refractivity contribution is -0.187. The fraction of sp³-hybridized carbons (Fsp3) is 0.786. The summed E-state index contributed by atoms with van der Waals surface area (Å²) in [4.78, 5) is 0. The van der Waals surface area contributed by atoms with Gasteiger partial charge < -0.3 is 9.63 Å². The Bertz CT molecular complexity index is 479. The fourth-order valence-corrected chi connectivity index (χ4v) is 3.30. The van der Waals surface area contributed by atoms with E-state index in [1.807, 2.05) is 0 Å². The van der Waals surface area contributed by atoms with Crippen molar-refractivity contribution in [3.8, 4) is 0 Å². The normalized spacial score (nSPS) is 27.8. The molecule has 0 saturated heterocycles. The third-order valence-electron chi connectivity index (χ3n) is 4.49. The number of hydrogen-bond donors (Lipinski definition) is 1. The van der Waals surface area contributed by atoms with Crippen molar-refractivity contribution in [1.29, 1.82) is 0 Å². The molecule has 0 amide bonds. The van der Waals surface area contributed by atoms with Crippen molar-refractivity contribution in [3.63, 3.8) is 0 Å². The zero-order chi connectivity index (χ0) is 14.3. The molecule has 0 spiro atoms. The second kappa shape index (κ2) is 5.06. The van der Waals surface area contributed by atoms with Gasteiger partial charge in [-0.15, -0.1) is 0 Å². The van der Waals surface area contributed by atoms with Gasteiger partial charge in [-0.2, -0.15) is 13.2 Å². The zero-order valence-electron chi connectivity index (χ0n) is 11.1. The first-order valence-electron chi connectivity index (χ1n) is 7.18. The first-order chi connectivity index (χ1) is 9.52. The van der Waals surface area contributed by atoms with Crippen molar-refractivity contribution >= 4 is 0 Å². The van der Waals surface area contributed by atoms with E-state index in [4.69, 9.17) is 4.52 Å². The number of aromatic nitrogens is 1. The van der Waals surface area contributed by atoms with Crippen LogP contribution >= 0.6 is 0 Å². The van der Waals surface area contributed by atoms with E-state index in [-0.39, 0.29) is 18.9 Å². The quantitative estimate of drug-likeness (QED) is 0.918. The van der Waals surface area contributed by atoms with Crippen LogP contribution in [0.3, 0.4) is 0 Å². The van der Waals surface area contributed by atoms with Gasteiger partial charge >= 0.3 is 6.18 Å². The van der Waals surface area contributed by atoms with Gasteiger partial charge in [0.1, 0.15) is 5.76 Å². The molecule has 112 valence electrons. The predicted molar refractivity (Wildman–Crippen MR) is 65.2 cm³/mol. The Kier molecular flexibility index (Phi) is 3.52. The van der Waals surface area contributed by atoms with Crippen molar-refractivity contribution in [2.45, 2.75) is 63.1 Å². The number of nitrogens with zero attached hydrogens (tertiary/aromatic N) is 1. The van der Waals surface area contributed by atoms with Crippen LogP contribution in [-0.2, 0) is 6.61 Å². The molecule has 2 fully saturated rings. The topological polar surface area (TPSA) is 46.3 Å². The molecule has 2 saturated carbocycles. The average molecular weight is 289 g/mol. The minimum atomic E-state index is -4.21. The van der Waals surface area contributed by atoms with Gasteiger partial charge in [0.25, 0.3) is 0 Å². The second-order valence-corrected chi connectivity index (χ2v) is 5.88. The predicted octanol–water partition coefficient (Wildman–Crippen LogP) is 3.88. The van der Waals surface area contributed by atoms with Gasteiger partial charge in [-0.25, -0.2) is 0 Å². The highest BCUT2D eigenvalue weighted by Gasteiger charge is 2.48. The van der Waals surface area contributed by atoms with Crippen molar-refractivity contribution in [2.24, 2.45) is 5.92 Å². The summed E-state index contributed by atoms with van der Waals surface area (Å²) in [5.74, 6) is -1.18. The van der Waals surface area contributed by atoms with Gasteiger partial charge in [0.2, 0.25) is 0 Å². The molecule has 1 heterocycles. The van der Waals surface area contributed by atoms with Crippen LogP contribution in [0, 0.1) is 5.92 Å². The van der Waals surface area contributed by atoms with Crippen LogP contribution < -0.4 is 0 Å². The summed E-state index contributed by atoms with van der Waals surface area (Å²) in [6.07, 6.45) is -0.296. The van der Waals surface area contributed by atoms with Crippen molar-refractivity contribution in [1.82, 2.24) is 5.16 Å². The summed E-state index contributed by atoms with van der Waals surface area (Å²) in [6.45, 7) is -0.286. The smallest absolute Gasteiger partial charge is 0.391 e. The number of rotatable bonds is 3. The SMILES string of the molecule is OCc1c([C@@H]2CCCC[C@H]2C(F)(F)F)noc1C1CC1. The fourth-order valence-electron chi connectivity index (χ4n) is 3.30. The molecule has 0 radical (unpaired) electrons. The molecule has 1 aromatic rings. The largest absolute Gasteiger partial charge is 0.392 e. The lowest BCUT2D eigenvalue weighted by Gasteiger charge is -2.32. The minimum absolute atomic E-state index is 0.144. The Balaban J connectivity index is 1.93. The molecule has 2 aliphatic carbocycles. The van der Waals surface area contributed by atoms with Gasteiger partial charge in [0, 0.05) is 17.4 Å². The zero-order valence-corrected chi connectivity index (χ0v) is 11.1. The summed E-state index contributed by atoms with van der Waals surface area (Å²) in [6, 6.07) is 0. The van der Waals surface area contributed by atoms with Gasteiger partial charge in [-0.1, -0.05) is 18.0 Å². The highest BCUT2D eigenvalue weighted by atomic mass is 19.4. The summed E-state index contributed by atoms with van der Waals surface area (Å²) in [7, 11) is 0. The summed E-state index contributed by atoms with van der Waals surface area (Å²) >= 11 is 0. The number of aliphatic hydroxyl groups is 1. The Labute approximate surface area is 115 Å². The van der Waals surface area contributed by atoms with E-state index in [1.54, 1.807) is 0 Å². The molecule has 3 rings (SSSR count). The molecule has 3 nitrogen and oxygen atoms in total. The van der Waals surface area contributed by atoms with E-state index >= 15 is 0 Å². The third-order valence-corrected chi connectivity index (χ3v) is 4.49. The van der Waals surface area contributed by atoms with Crippen LogP contribution in [-0.4, -0.2) is 16.4 Å². The standard InChI is InChI=1S/C14H18F3NO2/c15-14(16,17)11-4-2-1-3-9(11)12-10(7-19)13(20-18-12)8-5-6-8/h8-9,11,19H,1-7H2/t9-,11-/m1/s1. The van der Waals surface area contributed by atoms with E-state index in [9.17, 15) is 18.3 Å². The summed E-state index contributed by atoms with van der Waals surface area (Å²) in [5.41, 5.74) is 0.852. The first kappa shape index (κ1) is 13.9. The molecule has 0 aliphatic heterocycles. The maximum atomic E-state index is 13.2. The third kappa shape index (κ3) is 2.45. The van der Waals surface area contributed by atoms with Crippen molar-refractivity contribution in [3.05, 3.63) is 17.0 Å². The lowest BCUT2D eigenvalue weighted by Crippen LogP contribution is -2.32. The molecule has 2 aliphatic rings. The van der Waals surface area contributed by atoms with Crippen LogP contribution in [0.25, 0.3) is 0 Å². The van der Waals surface area contributed by atoms with Gasteiger partial charge in [0.15, 0.2) is 0 Å². The number of halogens is 3. The van der Waals surface area contributed by atoms with Crippen LogP contribution in [0.15, 0.2) is 4.52 Å². The van der Waals surface area contributed by atoms with Crippen LogP contribution in [0.1, 0.15) is 67.4 Å². The number of alkyl halides is 3. The molecule has 0 unspecified atom stereocenters. The monoisotopic (exact) mass is 289 g/mol. The maximum Gasteiger partial charge on any atom is 0.392 e. The number of aliphatic hydroxyl groups excluding tert-OH is 1. The molecular formula is C14H18F3NO2. The molecule has 0 aromatic carbocycles.